The third-order valence-corrected chi connectivity index (χ3v) is 3.09. The van der Waals surface area contributed by atoms with E-state index in [2.05, 4.69) is 4.90 Å². The first kappa shape index (κ1) is 12.0. The summed E-state index contributed by atoms with van der Waals surface area (Å²) in [7, 11) is 1.77. The molecule has 2 N–H and O–H groups in total. The lowest BCUT2D eigenvalue weighted by atomic mass is 9.94. The minimum absolute atomic E-state index is 0.764. The number of nitrogens with zero attached hydrogens (tertiary/aromatic N) is 1. The summed E-state index contributed by atoms with van der Waals surface area (Å²) in [6, 6.07) is 0.766. The molecular formula is C11H24N2O. The van der Waals surface area contributed by atoms with Crippen molar-refractivity contribution in [2.24, 2.45) is 5.73 Å². The van der Waals surface area contributed by atoms with E-state index in [0.29, 0.717) is 0 Å². The minimum atomic E-state index is 0.764. The molecule has 0 spiro atoms. The van der Waals surface area contributed by atoms with Crippen molar-refractivity contribution in [2.75, 3.05) is 33.4 Å². The Morgan fingerprint density at radius 1 is 1.21 bits per heavy atom. The van der Waals surface area contributed by atoms with Gasteiger partial charge in [0.2, 0.25) is 0 Å². The highest BCUT2D eigenvalue weighted by molar-refractivity contribution is 4.75. The number of rotatable bonds is 6. The smallest absolute Gasteiger partial charge is 0.0589 e. The predicted molar refractivity (Wildman–Crippen MR) is 59.4 cm³/mol. The molecule has 0 bridgehead atoms. The van der Waals surface area contributed by atoms with Gasteiger partial charge in [-0.2, -0.15) is 0 Å². The molecule has 1 aliphatic carbocycles. The summed E-state index contributed by atoms with van der Waals surface area (Å²) in [5.74, 6) is 0. The van der Waals surface area contributed by atoms with Crippen molar-refractivity contribution >= 4 is 0 Å². The molecule has 3 heteroatoms. The topological polar surface area (TPSA) is 38.5 Å². The molecule has 0 saturated heterocycles. The van der Waals surface area contributed by atoms with Gasteiger partial charge in [0.15, 0.2) is 0 Å². The van der Waals surface area contributed by atoms with E-state index in [1.165, 1.54) is 32.1 Å². The van der Waals surface area contributed by atoms with Crippen LogP contribution in [0.15, 0.2) is 0 Å². The van der Waals surface area contributed by atoms with E-state index in [4.69, 9.17) is 10.5 Å². The Labute approximate surface area is 87.6 Å². The number of hydrogen-bond donors (Lipinski definition) is 1. The van der Waals surface area contributed by atoms with Crippen LogP contribution in [-0.2, 0) is 4.74 Å². The van der Waals surface area contributed by atoms with Crippen molar-refractivity contribution in [1.82, 2.24) is 4.90 Å². The van der Waals surface area contributed by atoms with Crippen molar-refractivity contribution in [3.63, 3.8) is 0 Å². The molecule has 0 aromatic rings. The summed E-state index contributed by atoms with van der Waals surface area (Å²) < 4.78 is 5.13. The monoisotopic (exact) mass is 200 g/mol. The molecule has 1 saturated carbocycles. The van der Waals surface area contributed by atoms with Gasteiger partial charge in [-0.15, -0.1) is 0 Å². The second kappa shape index (κ2) is 7.21. The zero-order chi connectivity index (χ0) is 10.2. The molecule has 1 aliphatic rings. The third kappa shape index (κ3) is 3.95. The van der Waals surface area contributed by atoms with Crippen LogP contribution < -0.4 is 5.73 Å². The Kier molecular flexibility index (Phi) is 6.15. The molecule has 14 heavy (non-hydrogen) atoms. The van der Waals surface area contributed by atoms with Crippen LogP contribution in [0.4, 0.5) is 0 Å². The van der Waals surface area contributed by atoms with Crippen molar-refractivity contribution in [3.8, 4) is 0 Å². The lowest BCUT2D eigenvalue weighted by Gasteiger charge is -2.33. The van der Waals surface area contributed by atoms with Gasteiger partial charge in [-0.05, 0) is 12.8 Å². The first-order valence-corrected chi connectivity index (χ1v) is 5.81. The predicted octanol–water partition coefficient (Wildman–Crippen LogP) is 1.23. The summed E-state index contributed by atoms with van der Waals surface area (Å²) in [6.07, 6.45) is 6.89. The van der Waals surface area contributed by atoms with E-state index in [9.17, 15) is 0 Å². The summed E-state index contributed by atoms with van der Waals surface area (Å²) in [6.45, 7) is 3.66. The maximum absolute atomic E-state index is 5.63. The average Bonchev–Trinajstić information content (AvgIpc) is 2.25. The summed E-state index contributed by atoms with van der Waals surface area (Å²) in [5, 5.41) is 0. The molecule has 84 valence electrons. The van der Waals surface area contributed by atoms with Crippen LogP contribution in [0, 0.1) is 0 Å². The maximum Gasteiger partial charge on any atom is 0.0589 e. The number of hydrogen-bond acceptors (Lipinski definition) is 3. The quantitative estimate of drug-likeness (QED) is 0.701. The highest BCUT2D eigenvalue weighted by Crippen LogP contribution is 2.21. The summed E-state index contributed by atoms with van der Waals surface area (Å²) in [4.78, 5) is 2.50. The van der Waals surface area contributed by atoms with E-state index in [0.717, 1.165) is 32.3 Å². The second-order valence-electron chi connectivity index (χ2n) is 4.11. The first-order chi connectivity index (χ1) is 6.88. The van der Waals surface area contributed by atoms with Crippen molar-refractivity contribution in [1.29, 1.82) is 0 Å². The van der Waals surface area contributed by atoms with E-state index >= 15 is 0 Å². The van der Waals surface area contributed by atoms with Gasteiger partial charge in [-0.1, -0.05) is 19.3 Å². The fourth-order valence-electron chi connectivity index (χ4n) is 2.30. The van der Waals surface area contributed by atoms with Gasteiger partial charge >= 0.3 is 0 Å². The summed E-state index contributed by atoms with van der Waals surface area (Å²) >= 11 is 0. The standard InChI is InChI=1S/C11H24N2O/c1-14-10-9-13(8-7-12)11-5-3-2-4-6-11/h11H,2-10,12H2,1H3. The van der Waals surface area contributed by atoms with Gasteiger partial charge in [0.25, 0.3) is 0 Å². The fourth-order valence-corrected chi connectivity index (χ4v) is 2.30. The van der Waals surface area contributed by atoms with Gasteiger partial charge < -0.3 is 10.5 Å². The Balaban J connectivity index is 2.30. The SMILES string of the molecule is COCCN(CCN)C1CCCCC1. The van der Waals surface area contributed by atoms with E-state index in [-0.39, 0.29) is 0 Å². The Bertz CT molecular complexity index is 135. The molecular weight excluding hydrogens is 176 g/mol. The molecule has 0 unspecified atom stereocenters. The van der Waals surface area contributed by atoms with Crippen LogP contribution in [-0.4, -0.2) is 44.3 Å². The van der Waals surface area contributed by atoms with Gasteiger partial charge in [0.1, 0.15) is 0 Å². The Morgan fingerprint density at radius 3 is 2.50 bits per heavy atom. The van der Waals surface area contributed by atoms with Crippen LogP contribution >= 0.6 is 0 Å². The van der Waals surface area contributed by atoms with E-state index in [1.54, 1.807) is 7.11 Å². The van der Waals surface area contributed by atoms with E-state index < -0.39 is 0 Å². The molecule has 0 radical (unpaired) electrons. The van der Waals surface area contributed by atoms with Crippen LogP contribution in [0.5, 0.6) is 0 Å². The van der Waals surface area contributed by atoms with Gasteiger partial charge in [-0.25, -0.2) is 0 Å². The van der Waals surface area contributed by atoms with Gasteiger partial charge in [0.05, 0.1) is 6.61 Å². The number of methoxy groups -OCH3 is 1. The normalized spacial score (nSPS) is 19.1. The molecule has 0 amide bonds. The second-order valence-corrected chi connectivity index (χ2v) is 4.11. The molecule has 0 aromatic carbocycles. The zero-order valence-electron chi connectivity index (χ0n) is 9.37. The highest BCUT2D eigenvalue weighted by Gasteiger charge is 2.19. The Morgan fingerprint density at radius 2 is 1.93 bits per heavy atom. The molecule has 0 aromatic heterocycles. The fraction of sp³-hybridized carbons (Fsp3) is 1.00. The zero-order valence-corrected chi connectivity index (χ0v) is 9.37. The summed E-state index contributed by atoms with van der Waals surface area (Å²) in [5.41, 5.74) is 5.63. The van der Waals surface area contributed by atoms with Crippen molar-refractivity contribution in [2.45, 2.75) is 38.1 Å². The van der Waals surface area contributed by atoms with Crippen molar-refractivity contribution in [3.05, 3.63) is 0 Å². The van der Waals surface area contributed by atoms with Crippen LogP contribution in [0.25, 0.3) is 0 Å². The lowest BCUT2D eigenvalue weighted by Crippen LogP contribution is -2.41. The molecule has 1 rings (SSSR count). The van der Waals surface area contributed by atoms with Crippen LogP contribution in [0.1, 0.15) is 32.1 Å². The maximum atomic E-state index is 5.63. The van der Waals surface area contributed by atoms with Crippen LogP contribution in [0.3, 0.4) is 0 Å². The largest absolute Gasteiger partial charge is 0.383 e. The average molecular weight is 200 g/mol. The Hall–Kier alpha value is -0.120. The molecule has 3 nitrogen and oxygen atoms in total. The number of nitrogens with two attached hydrogens (primary N) is 1. The minimum Gasteiger partial charge on any atom is -0.383 e. The number of ether oxygens (including phenoxy) is 1. The first-order valence-electron chi connectivity index (χ1n) is 5.81. The lowest BCUT2D eigenvalue weighted by molar-refractivity contribution is 0.105. The molecule has 0 heterocycles. The van der Waals surface area contributed by atoms with Gasteiger partial charge in [0, 0.05) is 32.8 Å². The van der Waals surface area contributed by atoms with Crippen LogP contribution in [0.2, 0.25) is 0 Å². The molecule has 0 atom stereocenters. The van der Waals surface area contributed by atoms with Crippen molar-refractivity contribution < 1.29 is 4.74 Å². The third-order valence-electron chi connectivity index (χ3n) is 3.09. The highest BCUT2D eigenvalue weighted by atomic mass is 16.5. The van der Waals surface area contributed by atoms with Gasteiger partial charge in [-0.3, -0.25) is 4.90 Å². The molecule has 0 aliphatic heterocycles. The molecule has 1 fully saturated rings. The van der Waals surface area contributed by atoms with E-state index in [1.807, 2.05) is 0 Å².